The summed E-state index contributed by atoms with van der Waals surface area (Å²) < 4.78 is 16.0. The number of carboxylic acid groups (broad SMARTS) is 1. The van der Waals surface area contributed by atoms with Crippen LogP contribution >= 0.6 is 0 Å². The zero-order valence-electron chi connectivity index (χ0n) is 15.2. The minimum absolute atomic E-state index is 0.0883. The molecule has 0 bridgehead atoms. The normalized spacial score (nSPS) is 10.3. The second kappa shape index (κ2) is 8.77. The van der Waals surface area contributed by atoms with E-state index in [4.69, 9.17) is 19.0 Å². The Balaban J connectivity index is 1.55. The highest BCUT2D eigenvalue weighted by molar-refractivity contribution is 6.04. The quantitative estimate of drug-likeness (QED) is 0.607. The number of nitrogens with one attached hydrogen (secondary N) is 1. The van der Waals surface area contributed by atoms with Gasteiger partial charge in [-0.1, -0.05) is 0 Å². The summed E-state index contributed by atoms with van der Waals surface area (Å²) in [5, 5.41) is 11.6. The van der Waals surface area contributed by atoms with E-state index in [2.05, 4.69) is 5.32 Å². The maximum Gasteiger partial charge on any atom is 0.371 e. The Labute approximate surface area is 161 Å². The van der Waals surface area contributed by atoms with Crippen molar-refractivity contribution in [2.45, 2.75) is 13.5 Å². The highest BCUT2D eigenvalue weighted by Gasteiger charge is 2.10. The maximum absolute atomic E-state index is 12.3. The van der Waals surface area contributed by atoms with E-state index in [9.17, 15) is 9.59 Å². The Morgan fingerprint density at radius 3 is 2.18 bits per heavy atom. The molecule has 1 aromatic heterocycles. The summed E-state index contributed by atoms with van der Waals surface area (Å²) in [7, 11) is 0. The summed E-state index contributed by atoms with van der Waals surface area (Å²) in [5.74, 6) is 0.163. The van der Waals surface area contributed by atoms with Crippen LogP contribution in [-0.4, -0.2) is 23.6 Å². The van der Waals surface area contributed by atoms with Crippen molar-refractivity contribution in [1.29, 1.82) is 0 Å². The lowest BCUT2D eigenvalue weighted by Gasteiger charge is -2.08. The van der Waals surface area contributed by atoms with Crippen LogP contribution in [0.1, 0.15) is 33.6 Å². The molecule has 3 rings (SSSR count). The first kappa shape index (κ1) is 19.0. The van der Waals surface area contributed by atoms with Crippen molar-refractivity contribution < 1.29 is 28.6 Å². The van der Waals surface area contributed by atoms with Crippen molar-refractivity contribution in [2.24, 2.45) is 0 Å². The average Bonchev–Trinajstić information content (AvgIpc) is 3.18. The van der Waals surface area contributed by atoms with E-state index >= 15 is 0 Å². The third-order valence-corrected chi connectivity index (χ3v) is 3.79. The standard InChI is InChI=1S/C21H19NO6/c1-2-26-16-9-5-15(6-10-16)22-20(23)14-3-7-17(8-4-14)27-13-18-11-12-19(28-18)21(24)25/h3-12H,2,13H2,1H3,(H,22,23)(H,24,25). The van der Waals surface area contributed by atoms with Gasteiger partial charge in [-0.3, -0.25) is 4.79 Å². The number of furan rings is 1. The topological polar surface area (TPSA) is 98.0 Å². The predicted octanol–water partition coefficient (Wildman–Crippen LogP) is 4.21. The van der Waals surface area contributed by atoms with Gasteiger partial charge in [-0.2, -0.15) is 0 Å². The largest absolute Gasteiger partial charge is 0.494 e. The van der Waals surface area contributed by atoms with E-state index in [0.717, 1.165) is 5.75 Å². The zero-order chi connectivity index (χ0) is 19.9. The Morgan fingerprint density at radius 2 is 1.57 bits per heavy atom. The molecule has 28 heavy (non-hydrogen) atoms. The van der Waals surface area contributed by atoms with Gasteiger partial charge < -0.3 is 24.3 Å². The van der Waals surface area contributed by atoms with E-state index in [1.54, 1.807) is 54.6 Å². The molecule has 1 heterocycles. The van der Waals surface area contributed by atoms with Crippen molar-refractivity contribution >= 4 is 17.6 Å². The summed E-state index contributed by atoms with van der Waals surface area (Å²) in [6.07, 6.45) is 0. The van der Waals surface area contributed by atoms with Crippen LogP contribution < -0.4 is 14.8 Å². The number of amides is 1. The van der Waals surface area contributed by atoms with Crippen molar-refractivity contribution in [1.82, 2.24) is 0 Å². The number of benzene rings is 2. The summed E-state index contributed by atoms with van der Waals surface area (Å²) in [5.41, 5.74) is 1.15. The molecule has 2 N–H and O–H groups in total. The fourth-order valence-corrected chi connectivity index (χ4v) is 2.43. The molecule has 3 aromatic rings. The number of carbonyl (C=O) groups excluding carboxylic acids is 1. The van der Waals surface area contributed by atoms with Gasteiger partial charge in [0.2, 0.25) is 5.76 Å². The molecule has 0 atom stereocenters. The molecule has 7 heteroatoms. The molecule has 0 fully saturated rings. The highest BCUT2D eigenvalue weighted by atomic mass is 16.5. The van der Waals surface area contributed by atoms with E-state index < -0.39 is 5.97 Å². The summed E-state index contributed by atoms with van der Waals surface area (Å²) >= 11 is 0. The lowest BCUT2D eigenvalue weighted by atomic mass is 10.2. The molecule has 0 spiro atoms. The Kier molecular flexibility index (Phi) is 5.96. The van der Waals surface area contributed by atoms with Gasteiger partial charge in [0.25, 0.3) is 5.91 Å². The van der Waals surface area contributed by atoms with Crippen LogP contribution in [0, 0.1) is 0 Å². The van der Waals surface area contributed by atoms with E-state index in [1.165, 1.54) is 6.07 Å². The minimum Gasteiger partial charge on any atom is -0.494 e. The molecule has 0 aliphatic heterocycles. The summed E-state index contributed by atoms with van der Waals surface area (Å²) in [6, 6.07) is 16.7. The summed E-state index contributed by atoms with van der Waals surface area (Å²) in [4.78, 5) is 23.1. The molecule has 1 amide bonds. The van der Waals surface area contributed by atoms with Crippen LogP contribution in [0.4, 0.5) is 5.69 Å². The van der Waals surface area contributed by atoms with Crippen LogP contribution in [0.15, 0.2) is 65.1 Å². The number of carbonyl (C=O) groups is 2. The Bertz CT molecular complexity index is 944. The molecule has 7 nitrogen and oxygen atoms in total. The molecule has 0 radical (unpaired) electrons. The molecule has 0 saturated carbocycles. The Morgan fingerprint density at radius 1 is 0.929 bits per heavy atom. The van der Waals surface area contributed by atoms with Crippen molar-refractivity contribution in [2.75, 3.05) is 11.9 Å². The predicted molar refractivity (Wildman–Crippen MR) is 102 cm³/mol. The van der Waals surface area contributed by atoms with Gasteiger partial charge >= 0.3 is 5.97 Å². The maximum atomic E-state index is 12.3. The Hall–Kier alpha value is -3.74. The lowest BCUT2D eigenvalue weighted by molar-refractivity contribution is 0.0658. The third-order valence-electron chi connectivity index (χ3n) is 3.79. The number of hydrogen-bond donors (Lipinski definition) is 2. The van der Waals surface area contributed by atoms with Gasteiger partial charge in [-0.25, -0.2) is 4.79 Å². The monoisotopic (exact) mass is 381 g/mol. The van der Waals surface area contributed by atoms with Crippen LogP contribution in [0.25, 0.3) is 0 Å². The lowest BCUT2D eigenvalue weighted by Crippen LogP contribution is -2.11. The minimum atomic E-state index is -1.13. The molecule has 0 saturated heterocycles. The average molecular weight is 381 g/mol. The summed E-state index contributed by atoms with van der Waals surface area (Å²) in [6.45, 7) is 2.58. The molecular weight excluding hydrogens is 362 g/mol. The third kappa shape index (κ3) is 4.91. The van der Waals surface area contributed by atoms with Crippen molar-refractivity contribution in [3.8, 4) is 11.5 Å². The van der Waals surface area contributed by atoms with Crippen molar-refractivity contribution in [3.63, 3.8) is 0 Å². The van der Waals surface area contributed by atoms with Gasteiger partial charge in [0, 0.05) is 11.3 Å². The van der Waals surface area contributed by atoms with Gasteiger partial charge in [-0.05, 0) is 67.6 Å². The molecule has 144 valence electrons. The number of aromatic carboxylic acids is 1. The van der Waals surface area contributed by atoms with E-state index in [0.29, 0.717) is 29.4 Å². The van der Waals surface area contributed by atoms with Gasteiger partial charge in [-0.15, -0.1) is 0 Å². The second-order valence-corrected chi connectivity index (χ2v) is 5.80. The molecular formula is C21H19NO6. The fraction of sp³-hybridized carbons (Fsp3) is 0.143. The fourth-order valence-electron chi connectivity index (χ4n) is 2.43. The first-order valence-corrected chi connectivity index (χ1v) is 8.64. The molecule has 0 aliphatic carbocycles. The molecule has 0 unspecified atom stereocenters. The van der Waals surface area contributed by atoms with Crippen LogP contribution in [0.2, 0.25) is 0 Å². The SMILES string of the molecule is CCOc1ccc(NC(=O)c2ccc(OCc3ccc(C(=O)O)o3)cc2)cc1. The van der Waals surface area contributed by atoms with Gasteiger partial charge in [0.1, 0.15) is 23.9 Å². The first-order chi connectivity index (χ1) is 13.5. The highest BCUT2D eigenvalue weighted by Crippen LogP contribution is 2.19. The van der Waals surface area contributed by atoms with Crippen LogP contribution in [0.3, 0.4) is 0 Å². The van der Waals surface area contributed by atoms with Crippen LogP contribution in [0.5, 0.6) is 11.5 Å². The van der Waals surface area contributed by atoms with Gasteiger partial charge in [0.15, 0.2) is 0 Å². The second-order valence-electron chi connectivity index (χ2n) is 5.80. The van der Waals surface area contributed by atoms with E-state index in [-0.39, 0.29) is 18.3 Å². The number of ether oxygens (including phenoxy) is 2. The molecule has 2 aromatic carbocycles. The van der Waals surface area contributed by atoms with Gasteiger partial charge in [0.05, 0.1) is 6.61 Å². The number of carboxylic acids is 1. The van der Waals surface area contributed by atoms with Crippen molar-refractivity contribution in [3.05, 3.63) is 77.7 Å². The van der Waals surface area contributed by atoms with Crippen LogP contribution in [-0.2, 0) is 6.61 Å². The smallest absolute Gasteiger partial charge is 0.371 e. The zero-order valence-corrected chi connectivity index (χ0v) is 15.2. The van der Waals surface area contributed by atoms with E-state index in [1.807, 2.05) is 6.92 Å². The first-order valence-electron chi connectivity index (χ1n) is 8.64. The number of hydrogen-bond acceptors (Lipinski definition) is 5. The molecule has 0 aliphatic rings. The number of anilines is 1. The number of rotatable bonds is 8.